The Hall–Kier alpha value is -1.75. The van der Waals surface area contributed by atoms with Gasteiger partial charge in [0.1, 0.15) is 0 Å². The van der Waals surface area contributed by atoms with Crippen molar-refractivity contribution in [1.82, 2.24) is 5.32 Å². The van der Waals surface area contributed by atoms with Crippen LogP contribution in [0.4, 0.5) is 16.2 Å². The second-order valence-corrected chi connectivity index (χ2v) is 5.49. The van der Waals surface area contributed by atoms with E-state index in [-0.39, 0.29) is 6.03 Å². The molecule has 2 heterocycles. The Kier molecular flexibility index (Phi) is 3.78. The van der Waals surface area contributed by atoms with E-state index in [1.165, 1.54) is 0 Å². The minimum atomic E-state index is -0.0119. The zero-order chi connectivity index (χ0) is 13.9. The first-order chi connectivity index (χ1) is 9.74. The molecule has 5 heteroatoms. The molecule has 2 amide bonds. The van der Waals surface area contributed by atoms with Crippen molar-refractivity contribution in [3.63, 3.8) is 0 Å². The summed E-state index contributed by atoms with van der Waals surface area (Å²) in [5.74, 6) is 0.582. The van der Waals surface area contributed by atoms with Crippen LogP contribution in [0.15, 0.2) is 24.3 Å². The number of anilines is 2. The first kappa shape index (κ1) is 13.2. The van der Waals surface area contributed by atoms with Gasteiger partial charge in [-0.2, -0.15) is 0 Å². The summed E-state index contributed by atoms with van der Waals surface area (Å²) in [5, 5.41) is 6.32. The molecule has 2 atom stereocenters. The van der Waals surface area contributed by atoms with Crippen molar-refractivity contribution >= 4 is 17.4 Å². The molecule has 2 aliphatic heterocycles. The maximum absolute atomic E-state index is 11.6. The Labute approximate surface area is 119 Å². The minimum absolute atomic E-state index is 0.0119. The lowest BCUT2D eigenvalue weighted by Gasteiger charge is -2.21. The van der Waals surface area contributed by atoms with Gasteiger partial charge in [-0.15, -0.1) is 0 Å². The summed E-state index contributed by atoms with van der Waals surface area (Å²) in [5.41, 5.74) is 2.04. The van der Waals surface area contributed by atoms with Gasteiger partial charge >= 0.3 is 6.03 Å². The van der Waals surface area contributed by atoms with Crippen molar-refractivity contribution in [3.05, 3.63) is 24.3 Å². The highest BCUT2D eigenvalue weighted by Crippen LogP contribution is 2.23. The molecule has 0 radical (unpaired) electrons. The molecule has 3 rings (SSSR count). The maximum Gasteiger partial charge on any atom is 0.321 e. The molecule has 1 aromatic carbocycles. The molecule has 2 saturated heterocycles. The van der Waals surface area contributed by atoms with Crippen LogP contribution in [0.3, 0.4) is 0 Å². The second kappa shape index (κ2) is 5.71. The zero-order valence-corrected chi connectivity index (χ0v) is 11.8. The van der Waals surface area contributed by atoms with E-state index in [1.807, 2.05) is 24.3 Å². The number of hydrogen-bond donors (Lipinski definition) is 2. The number of nitrogens with zero attached hydrogens (tertiary/aromatic N) is 1. The lowest BCUT2D eigenvalue weighted by molar-refractivity contribution is 0.183. The standard InChI is InChI=1S/C15H21N3O2/c1-11(12-6-9-20-10-12)17-13-2-4-14(5-3-13)18-8-7-16-15(18)19/h2-5,11-12,17H,6-10H2,1H3,(H,16,19). The first-order valence-electron chi connectivity index (χ1n) is 7.24. The van der Waals surface area contributed by atoms with Crippen molar-refractivity contribution in [2.24, 2.45) is 5.92 Å². The highest BCUT2D eigenvalue weighted by molar-refractivity contribution is 5.94. The third-order valence-electron chi connectivity index (χ3n) is 4.10. The lowest BCUT2D eigenvalue weighted by atomic mass is 10.0. The van der Waals surface area contributed by atoms with Gasteiger partial charge in [0, 0.05) is 43.0 Å². The molecule has 5 nitrogen and oxygen atoms in total. The smallest absolute Gasteiger partial charge is 0.321 e. The largest absolute Gasteiger partial charge is 0.382 e. The van der Waals surface area contributed by atoms with Crippen molar-refractivity contribution in [1.29, 1.82) is 0 Å². The molecule has 0 bridgehead atoms. The first-order valence-corrected chi connectivity index (χ1v) is 7.24. The maximum atomic E-state index is 11.6. The van der Waals surface area contributed by atoms with Gasteiger partial charge in [0.15, 0.2) is 0 Å². The van der Waals surface area contributed by atoms with E-state index in [4.69, 9.17) is 4.74 Å². The number of rotatable bonds is 4. The summed E-state index contributed by atoms with van der Waals surface area (Å²) in [7, 11) is 0. The van der Waals surface area contributed by atoms with E-state index in [0.29, 0.717) is 12.0 Å². The van der Waals surface area contributed by atoms with Gasteiger partial charge in [-0.1, -0.05) is 0 Å². The average molecular weight is 275 g/mol. The van der Waals surface area contributed by atoms with E-state index in [1.54, 1.807) is 4.90 Å². The monoisotopic (exact) mass is 275 g/mol. The average Bonchev–Trinajstić information content (AvgIpc) is 3.11. The van der Waals surface area contributed by atoms with Crippen LogP contribution in [0, 0.1) is 5.92 Å². The SMILES string of the molecule is CC(Nc1ccc(N2CCNC2=O)cc1)C1CCOC1. The fourth-order valence-electron chi connectivity index (χ4n) is 2.78. The number of nitrogens with one attached hydrogen (secondary N) is 2. The molecule has 2 fully saturated rings. The van der Waals surface area contributed by atoms with E-state index < -0.39 is 0 Å². The molecular formula is C15H21N3O2. The van der Waals surface area contributed by atoms with Crippen LogP contribution in [0.1, 0.15) is 13.3 Å². The molecule has 1 aromatic rings. The molecule has 2 aliphatic rings. The van der Waals surface area contributed by atoms with Gasteiger partial charge in [0.05, 0.1) is 6.61 Å². The number of carbonyl (C=O) groups is 1. The predicted molar refractivity (Wildman–Crippen MR) is 79.2 cm³/mol. The minimum Gasteiger partial charge on any atom is -0.382 e. The van der Waals surface area contributed by atoms with E-state index in [0.717, 1.165) is 44.1 Å². The number of ether oxygens (including phenoxy) is 1. The van der Waals surface area contributed by atoms with Crippen LogP contribution in [0.2, 0.25) is 0 Å². The van der Waals surface area contributed by atoms with Crippen LogP contribution in [0.25, 0.3) is 0 Å². The highest BCUT2D eigenvalue weighted by atomic mass is 16.5. The summed E-state index contributed by atoms with van der Waals surface area (Å²) >= 11 is 0. The molecule has 0 spiro atoms. The Morgan fingerprint density at radius 3 is 2.80 bits per heavy atom. The quantitative estimate of drug-likeness (QED) is 0.884. The number of hydrogen-bond acceptors (Lipinski definition) is 3. The molecular weight excluding hydrogens is 254 g/mol. The van der Waals surface area contributed by atoms with Crippen molar-refractivity contribution in [3.8, 4) is 0 Å². The Morgan fingerprint density at radius 2 is 2.20 bits per heavy atom. The third kappa shape index (κ3) is 2.72. The summed E-state index contributed by atoms with van der Waals surface area (Å²) in [6.07, 6.45) is 1.13. The Morgan fingerprint density at radius 1 is 1.40 bits per heavy atom. The van der Waals surface area contributed by atoms with Crippen LogP contribution in [-0.2, 0) is 4.74 Å². The van der Waals surface area contributed by atoms with Crippen molar-refractivity contribution < 1.29 is 9.53 Å². The third-order valence-corrected chi connectivity index (χ3v) is 4.10. The van der Waals surface area contributed by atoms with Crippen molar-refractivity contribution in [2.45, 2.75) is 19.4 Å². The summed E-state index contributed by atoms with van der Waals surface area (Å²) < 4.78 is 5.42. The topological polar surface area (TPSA) is 53.6 Å². The van der Waals surface area contributed by atoms with Gasteiger partial charge < -0.3 is 15.4 Å². The number of benzene rings is 1. The summed E-state index contributed by atoms with van der Waals surface area (Å²) in [6, 6.07) is 8.44. The molecule has 0 aromatic heterocycles. The summed E-state index contributed by atoms with van der Waals surface area (Å²) in [6.45, 7) is 5.38. The normalized spacial score (nSPS) is 23.8. The fourth-order valence-corrected chi connectivity index (χ4v) is 2.78. The Bertz CT molecular complexity index is 469. The van der Waals surface area contributed by atoms with E-state index in [2.05, 4.69) is 17.6 Å². The number of urea groups is 1. The van der Waals surface area contributed by atoms with Crippen LogP contribution >= 0.6 is 0 Å². The Balaban J connectivity index is 1.62. The fraction of sp³-hybridized carbons (Fsp3) is 0.533. The van der Waals surface area contributed by atoms with Crippen molar-refractivity contribution in [2.75, 3.05) is 36.5 Å². The summed E-state index contributed by atoms with van der Waals surface area (Å²) in [4.78, 5) is 13.4. The van der Waals surface area contributed by atoms with Crippen LogP contribution in [-0.4, -0.2) is 38.4 Å². The number of carbonyl (C=O) groups excluding carboxylic acids is 1. The second-order valence-electron chi connectivity index (χ2n) is 5.49. The molecule has 2 N–H and O–H groups in total. The van der Waals surface area contributed by atoms with Gasteiger partial charge in [-0.05, 0) is 37.6 Å². The van der Waals surface area contributed by atoms with Gasteiger partial charge in [0.2, 0.25) is 0 Å². The van der Waals surface area contributed by atoms with E-state index in [9.17, 15) is 4.79 Å². The van der Waals surface area contributed by atoms with Gasteiger partial charge in [-0.3, -0.25) is 4.90 Å². The lowest BCUT2D eigenvalue weighted by Crippen LogP contribution is -2.28. The van der Waals surface area contributed by atoms with E-state index >= 15 is 0 Å². The van der Waals surface area contributed by atoms with Crippen LogP contribution in [0.5, 0.6) is 0 Å². The predicted octanol–water partition coefficient (Wildman–Crippen LogP) is 2.05. The molecule has 108 valence electrons. The zero-order valence-electron chi connectivity index (χ0n) is 11.8. The highest BCUT2D eigenvalue weighted by Gasteiger charge is 2.23. The molecule has 20 heavy (non-hydrogen) atoms. The van der Waals surface area contributed by atoms with Crippen LogP contribution < -0.4 is 15.5 Å². The molecule has 2 unspecified atom stereocenters. The molecule has 0 saturated carbocycles. The number of amides is 2. The van der Waals surface area contributed by atoms with Gasteiger partial charge in [-0.25, -0.2) is 4.79 Å². The van der Waals surface area contributed by atoms with Gasteiger partial charge in [0.25, 0.3) is 0 Å². The molecule has 0 aliphatic carbocycles.